The Morgan fingerprint density at radius 3 is 2.77 bits per heavy atom. The van der Waals surface area contributed by atoms with Gasteiger partial charge >= 0.3 is 0 Å². The van der Waals surface area contributed by atoms with Crippen LogP contribution in [0.4, 0.5) is 5.69 Å². The average Bonchev–Trinajstić information content (AvgIpc) is 3.43. The second-order valence-electron chi connectivity index (χ2n) is 8.19. The third-order valence-electron chi connectivity index (χ3n) is 5.96. The monoisotopic (exact) mass is 433 g/mol. The number of benzene rings is 2. The lowest BCUT2D eigenvalue weighted by molar-refractivity contribution is 0.0792. The number of rotatable bonds is 4. The summed E-state index contributed by atoms with van der Waals surface area (Å²) >= 11 is 6.09. The van der Waals surface area contributed by atoms with Crippen LogP contribution in [0.3, 0.4) is 0 Å². The maximum Gasteiger partial charge on any atom is 0.254 e. The lowest BCUT2D eigenvalue weighted by Crippen LogP contribution is -2.28. The first-order valence-electron chi connectivity index (χ1n) is 10.6. The number of anilines is 1. The molecule has 0 bridgehead atoms. The van der Waals surface area contributed by atoms with Gasteiger partial charge in [0.1, 0.15) is 5.82 Å². The number of amides is 1. The van der Waals surface area contributed by atoms with Crippen molar-refractivity contribution in [3.05, 3.63) is 64.6 Å². The fraction of sp³-hybridized carbons (Fsp3) is 0.292. The van der Waals surface area contributed by atoms with Crippen LogP contribution in [0.2, 0.25) is 5.02 Å². The van der Waals surface area contributed by atoms with Crippen molar-refractivity contribution in [1.82, 2.24) is 19.9 Å². The summed E-state index contributed by atoms with van der Waals surface area (Å²) in [5.74, 6) is 0.936. The molecule has 1 aliphatic heterocycles. The molecule has 5 rings (SSSR count). The number of pyridine rings is 1. The fourth-order valence-corrected chi connectivity index (χ4v) is 4.42. The van der Waals surface area contributed by atoms with Crippen LogP contribution in [0.5, 0.6) is 0 Å². The van der Waals surface area contributed by atoms with Gasteiger partial charge in [-0.1, -0.05) is 11.6 Å². The Bertz CT molecular complexity index is 1290. The second-order valence-corrected chi connectivity index (χ2v) is 8.63. The molecule has 0 radical (unpaired) electrons. The van der Waals surface area contributed by atoms with Gasteiger partial charge in [-0.05, 0) is 68.7 Å². The number of likely N-dealkylation sites (tertiary alicyclic amines) is 1. The quantitative estimate of drug-likeness (QED) is 0.446. The largest absolute Gasteiger partial charge is 0.375 e. The highest BCUT2D eigenvalue weighted by molar-refractivity contribution is 6.31. The van der Waals surface area contributed by atoms with E-state index < -0.39 is 0 Å². The summed E-state index contributed by atoms with van der Waals surface area (Å²) in [6, 6.07) is 11.5. The predicted molar refractivity (Wildman–Crippen MR) is 125 cm³/mol. The van der Waals surface area contributed by atoms with Crippen LogP contribution < -0.4 is 5.32 Å². The van der Waals surface area contributed by atoms with E-state index in [0.717, 1.165) is 70.5 Å². The molecule has 1 amide bonds. The minimum absolute atomic E-state index is 0.0528. The van der Waals surface area contributed by atoms with E-state index in [1.807, 2.05) is 42.2 Å². The van der Waals surface area contributed by atoms with Gasteiger partial charge in [0.2, 0.25) is 0 Å². The molecule has 2 aromatic carbocycles. The summed E-state index contributed by atoms with van der Waals surface area (Å²) in [5, 5.41) is 5.20. The van der Waals surface area contributed by atoms with Crippen LogP contribution in [0.1, 0.15) is 47.6 Å². The molecule has 1 unspecified atom stereocenters. The average molecular weight is 434 g/mol. The van der Waals surface area contributed by atoms with Gasteiger partial charge in [0.05, 0.1) is 22.6 Å². The van der Waals surface area contributed by atoms with Crippen LogP contribution in [0, 0.1) is 6.92 Å². The number of carbonyl (C=O) groups is 1. The number of halogens is 1. The zero-order valence-electron chi connectivity index (χ0n) is 17.6. The topological polar surface area (TPSA) is 73.9 Å². The molecule has 2 N–H and O–H groups in total. The molecule has 0 saturated carbocycles. The third kappa shape index (κ3) is 3.72. The molecule has 7 heteroatoms. The number of imidazole rings is 1. The van der Waals surface area contributed by atoms with Crippen molar-refractivity contribution >= 4 is 45.1 Å². The Balaban J connectivity index is 1.46. The van der Waals surface area contributed by atoms with Crippen LogP contribution in [-0.4, -0.2) is 38.8 Å². The van der Waals surface area contributed by atoms with Gasteiger partial charge in [-0.2, -0.15) is 0 Å². The van der Waals surface area contributed by atoms with E-state index >= 15 is 0 Å². The number of nitrogens with zero attached hydrogens (tertiary/aromatic N) is 3. The minimum atomic E-state index is -0.0528. The van der Waals surface area contributed by atoms with Gasteiger partial charge < -0.3 is 15.2 Å². The summed E-state index contributed by atoms with van der Waals surface area (Å²) < 4.78 is 0. The van der Waals surface area contributed by atoms with E-state index in [-0.39, 0.29) is 11.9 Å². The standard InChI is InChI=1S/C24H24ClN5O/c1-14-11-18-19(27-15(2)23-28-20-6-5-16(25)12-22(20)29-23)7-8-26-21(18)13-17(14)24(31)30-9-3-4-10-30/h5-8,11-13,15H,3-4,9-10H2,1-2H3,(H,26,27)(H,28,29). The SMILES string of the molecule is Cc1cc2c(NC(C)c3nc4cc(Cl)ccc4[nH]3)ccnc2cc1C(=O)N1CCCC1. The molecule has 158 valence electrons. The molecule has 2 aromatic heterocycles. The maximum absolute atomic E-state index is 12.9. The van der Waals surface area contributed by atoms with Gasteiger partial charge in [0, 0.05) is 40.9 Å². The van der Waals surface area contributed by atoms with Gasteiger partial charge in [0.25, 0.3) is 5.91 Å². The van der Waals surface area contributed by atoms with Crippen molar-refractivity contribution in [1.29, 1.82) is 0 Å². The van der Waals surface area contributed by atoms with Crippen molar-refractivity contribution in [3.63, 3.8) is 0 Å². The van der Waals surface area contributed by atoms with E-state index in [2.05, 4.69) is 33.3 Å². The Morgan fingerprint density at radius 2 is 1.97 bits per heavy atom. The highest BCUT2D eigenvalue weighted by Crippen LogP contribution is 2.29. The number of H-pyrrole nitrogens is 1. The van der Waals surface area contributed by atoms with Gasteiger partial charge in [-0.15, -0.1) is 0 Å². The molecule has 3 heterocycles. The summed E-state index contributed by atoms with van der Waals surface area (Å²) in [6.07, 6.45) is 3.93. The number of carbonyl (C=O) groups excluding carboxylic acids is 1. The Labute approximate surface area is 185 Å². The van der Waals surface area contributed by atoms with E-state index in [1.165, 1.54) is 0 Å². The molecule has 1 atom stereocenters. The van der Waals surface area contributed by atoms with E-state index in [4.69, 9.17) is 11.6 Å². The summed E-state index contributed by atoms with van der Waals surface area (Å²) in [4.78, 5) is 27.4. The third-order valence-corrected chi connectivity index (χ3v) is 6.19. The molecule has 1 saturated heterocycles. The van der Waals surface area contributed by atoms with E-state index in [9.17, 15) is 4.79 Å². The second kappa shape index (κ2) is 7.85. The summed E-state index contributed by atoms with van der Waals surface area (Å²) in [6.45, 7) is 5.73. The Hall–Kier alpha value is -3.12. The molecule has 31 heavy (non-hydrogen) atoms. The highest BCUT2D eigenvalue weighted by Gasteiger charge is 2.22. The first kappa shape index (κ1) is 19.8. The van der Waals surface area contributed by atoms with Crippen molar-refractivity contribution < 1.29 is 4.79 Å². The number of fused-ring (bicyclic) bond motifs is 2. The first-order chi connectivity index (χ1) is 15.0. The van der Waals surface area contributed by atoms with Crippen LogP contribution in [-0.2, 0) is 0 Å². The van der Waals surface area contributed by atoms with Crippen molar-refractivity contribution in [2.24, 2.45) is 0 Å². The predicted octanol–water partition coefficient (Wildman–Crippen LogP) is 5.48. The molecule has 1 aliphatic rings. The molecular weight excluding hydrogens is 410 g/mol. The maximum atomic E-state index is 12.9. The Kier molecular flexibility index (Phi) is 5.02. The molecular formula is C24H24ClN5O. The van der Waals surface area contributed by atoms with Gasteiger partial charge in [-0.3, -0.25) is 9.78 Å². The van der Waals surface area contributed by atoms with E-state index in [1.54, 1.807) is 6.20 Å². The van der Waals surface area contributed by atoms with Crippen molar-refractivity contribution in [3.8, 4) is 0 Å². The smallest absolute Gasteiger partial charge is 0.254 e. The molecule has 0 spiro atoms. The minimum Gasteiger partial charge on any atom is -0.375 e. The number of hydrogen-bond donors (Lipinski definition) is 2. The first-order valence-corrected chi connectivity index (χ1v) is 11.0. The normalized spacial score (nSPS) is 15.0. The molecule has 0 aliphatic carbocycles. The van der Waals surface area contributed by atoms with Crippen LogP contribution >= 0.6 is 11.6 Å². The van der Waals surface area contributed by atoms with Crippen molar-refractivity contribution in [2.45, 2.75) is 32.7 Å². The number of hydrogen-bond acceptors (Lipinski definition) is 4. The lowest BCUT2D eigenvalue weighted by Gasteiger charge is -2.19. The number of aromatic amines is 1. The van der Waals surface area contributed by atoms with Gasteiger partial charge in [-0.25, -0.2) is 4.98 Å². The summed E-state index contributed by atoms with van der Waals surface area (Å²) in [7, 11) is 0. The summed E-state index contributed by atoms with van der Waals surface area (Å²) in [5.41, 5.74) is 5.26. The molecule has 4 aromatic rings. The van der Waals surface area contributed by atoms with Crippen LogP contribution in [0.15, 0.2) is 42.6 Å². The fourth-order valence-electron chi connectivity index (χ4n) is 4.25. The zero-order chi connectivity index (χ0) is 21.5. The highest BCUT2D eigenvalue weighted by atomic mass is 35.5. The van der Waals surface area contributed by atoms with Crippen LogP contribution in [0.25, 0.3) is 21.9 Å². The number of aromatic nitrogens is 3. The number of nitrogens with one attached hydrogen (secondary N) is 2. The zero-order valence-corrected chi connectivity index (χ0v) is 18.3. The number of aryl methyl sites for hydroxylation is 1. The van der Waals surface area contributed by atoms with Crippen molar-refractivity contribution in [2.75, 3.05) is 18.4 Å². The Morgan fingerprint density at radius 1 is 1.16 bits per heavy atom. The lowest BCUT2D eigenvalue weighted by atomic mass is 10.0. The van der Waals surface area contributed by atoms with Gasteiger partial charge in [0.15, 0.2) is 0 Å². The van der Waals surface area contributed by atoms with E-state index in [0.29, 0.717) is 5.02 Å². The molecule has 6 nitrogen and oxygen atoms in total. The molecule has 1 fully saturated rings.